The van der Waals surface area contributed by atoms with E-state index in [4.69, 9.17) is 23.2 Å². The summed E-state index contributed by atoms with van der Waals surface area (Å²) in [6, 6.07) is 13.1. The molecule has 1 aliphatic heterocycles. The van der Waals surface area contributed by atoms with Crippen molar-refractivity contribution in [2.24, 2.45) is 12.0 Å². The molecule has 4 nitrogen and oxygen atoms in total. The van der Waals surface area contributed by atoms with Gasteiger partial charge in [-0.15, -0.1) is 0 Å². The van der Waals surface area contributed by atoms with E-state index in [9.17, 15) is 4.79 Å². The number of thioether (sulfide) groups is 1. The average molecular weight is 402 g/mol. The summed E-state index contributed by atoms with van der Waals surface area (Å²) in [6.45, 7) is 0. The lowest BCUT2D eigenvalue weighted by atomic mass is 10.1. The minimum Gasteiger partial charge on any atom is -0.350 e. The van der Waals surface area contributed by atoms with E-state index in [0.717, 1.165) is 16.5 Å². The number of benzene rings is 2. The Bertz CT molecular complexity index is 1100. The largest absolute Gasteiger partial charge is 0.350 e. The number of rotatable bonds is 2. The fourth-order valence-corrected chi connectivity index (χ4v) is 4.07. The summed E-state index contributed by atoms with van der Waals surface area (Å²) < 4.78 is 2.04. The van der Waals surface area contributed by atoms with Crippen LogP contribution < -0.4 is 5.32 Å². The third kappa shape index (κ3) is 3.26. The zero-order valence-electron chi connectivity index (χ0n) is 13.7. The first-order valence-electron chi connectivity index (χ1n) is 7.80. The van der Waals surface area contributed by atoms with Crippen LogP contribution in [0.1, 0.15) is 5.56 Å². The number of amidine groups is 1. The summed E-state index contributed by atoms with van der Waals surface area (Å²) in [5.74, 6) is -0.174. The Morgan fingerprint density at radius 3 is 2.81 bits per heavy atom. The van der Waals surface area contributed by atoms with Gasteiger partial charge in [-0.3, -0.25) is 4.79 Å². The van der Waals surface area contributed by atoms with Crippen molar-refractivity contribution >= 4 is 68.7 Å². The minimum atomic E-state index is -0.174. The second-order valence-corrected chi connectivity index (χ2v) is 7.66. The Kier molecular flexibility index (Phi) is 4.53. The monoisotopic (exact) mass is 401 g/mol. The molecule has 0 spiro atoms. The Morgan fingerprint density at radius 2 is 2.00 bits per heavy atom. The van der Waals surface area contributed by atoms with Crippen LogP contribution in [-0.4, -0.2) is 15.6 Å². The van der Waals surface area contributed by atoms with Crippen LogP contribution in [0, 0.1) is 0 Å². The fraction of sp³-hybridized carbons (Fsp3) is 0.0526. The van der Waals surface area contributed by atoms with E-state index >= 15 is 0 Å². The minimum absolute atomic E-state index is 0.174. The highest BCUT2D eigenvalue weighted by atomic mass is 35.5. The van der Waals surface area contributed by atoms with Gasteiger partial charge in [0.25, 0.3) is 5.91 Å². The number of nitrogens with one attached hydrogen (secondary N) is 1. The topological polar surface area (TPSA) is 46.4 Å². The lowest BCUT2D eigenvalue weighted by molar-refractivity contribution is -0.115. The summed E-state index contributed by atoms with van der Waals surface area (Å²) >= 11 is 13.3. The fourth-order valence-electron chi connectivity index (χ4n) is 2.79. The van der Waals surface area contributed by atoms with Crippen LogP contribution in [0.2, 0.25) is 10.0 Å². The first-order valence-corrected chi connectivity index (χ1v) is 9.37. The normalized spacial score (nSPS) is 17.4. The molecule has 2 aromatic carbocycles. The lowest BCUT2D eigenvalue weighted by Crippen LogP contribution is -2.19. The molecule has 4 rings (SSSR count). The number of hydrogen-bond acceptors (Lipinski definition) is 3. The summed E-state index contributed by atoms with van der Waals surface area (Å²) in [5.41, 5.74) is 2.67. The van der Waals surface area contributed by atoms with Gasteiger partial charge < -0.3 is 9.88 Å². The Balaban J connectivity index is 1.67. The molecule has 0 saturated carbocycles. The van der Waals surface area contributed by atoms with Gasteiger partial charge in [0.2, 0.25) is 0 Å². The number of nitrogens with zero attached hydrogens (tertiary/aromatic N) is 2. The molecule has 1 saturated heterocycles. The molecule has 1 amide bonds. The SMILES string of the molecule is Cn1cc(/C=C2\SC(=Nc3ccc(Cl)cc3Cl)NC2=O)c2ccccc21. The molecule has 2 heterocycles. The van der Waals surface area contributed by atoms with Crippen LogP contribution in [0.15, 0.2) is 58.6 Å². The second-order valence-electron chi connectivity index (χ2n) is 5.79. The molecule has 1 N–H and O–H groups in total. The van der Waals surface area contributed by atoms with Crippen molar-refractivity contribution in [2.75, 3.05) is 0 Å². The molecule has 26 heavy (non-hydrogen) atoms. The predicted molar refractivity (Wildman–Crippen MR) is 110 cm³/mol. The number of amides is 1. The van der Waals surface area contributed by atoms with Gasteiger partial charge in [-0.05, 0) is 42.1 Å². The van der Waals surface area contributed by atoms with E-state index in [2.05, 4.69) is 16.4 Å². The van der Waals surface area contributed by atoms with Crippen LogP contribution in [0.3, 0.4) is 0 Å². The number of para-hydroxylation sites is 1. The van der Waals surface area contributed by atoms with E-state index in [0.29, 0.717) is 25.8 Å². The lowest BCUT2D eigenvalue weighted by Gasteiger charge is -1.99. The summed E-state index contributed by atoms with van der Waals surface area (Å²) in [7, 11) is 1.99. The number of fused-ring (bicyclic) bond motifs is 1. The van der Waals surface area contributed by atoms with Crippen molar-refractivity contribution in [3.8, 4) is 0 Å². The van der Waals surface area contributed by atoms with Gasteiger partial charge >= 0.3 is 0 Å². The Hall–Kier alpha value is -2.21. The summed E-state index contributed by atoms with van der Waals surface area (Å²) in [5, 5.41) is 5.34. The van der Waals surface area contributed by atoms with Crippen LogP contribution in [0.25, 0.3) is 17.0 Å². The third-order valence-electron chi connectivity index (χ3n) is 4.00. The van der Waals surface area contributed by atoms with E-state index < -0.39 is 0 Å². The number of hydrogen-bond donors (Lipinski definition) is 1. The molecule has 3 aromatic rings. The zero-order chi connectivity index (χ0) is 18.3. The molecule has 0 atom stereocenters. The van der Waals surface area contributed by atoms with Gasteiger partial charge in [0.15, 0.2) is 5.17 Å². The molecule has 0 unspecified atom stereocenters. The molecule has 1 aliphatic rings. The standard InChI is InChI=1S/C19H13Cl2N3OS/c1-24-10-11(13-4-2-3-5-16(13)24)8-17-18(25)23-19(26-17)22-15-7-6-12(20)9-14(15)21/h2-10H,1H3,(H,22,23,25)/b17-8-. The molecule has 130 valence electrons. The van der Waals surface area contributed by atoms with Crippen molar-refractivity contribution in [1.82, 2.24) is 9.88 Å². The number of aryl methyl sites for hydroxylation is 1. The van der Waals surface area contributed by atoms with Crippen molar-refractivity contribution in [1.29, 1.82) is 0 Å². The van der Waals surface area contributed by atoms with E-state index in [1.54, 1.807) is 18.2 Å². The first kappa shape index (κ1) is 17.2. The molecular weight excluding hydrogens is 389 g/mol. The quantitative estimate of drug-likeness (QED) is 0.586. The maximum atomic E-state index is 12.3. The number of carbonyl (C=O) groups is 1. The number of aliphatic imine (C=N–C) groups is 1. The van der Waals surface area contributed by atoms with Gasteiger partial charge in [-0.25, -0.2) is 4.99 Å². The van der Waals surface area contributed by atoms with E-state index in [1.165, 1.54) is 11.8 Å². The highest BCUT2D eigenvalue weighted by Crippen LogP contribution is 2.33. The summed E-state index contributed by atoms with van der Waals surface area (Å²) in [4.78, 5) is 17.3. The maximum Gasteiger partial charge on any atom is 0.264 e. The highest BCUT2D eigenvalue weighted by Gasteiger charge is 2.24. The van der Waals surface area contributed by atoms with Gasteiger partial charge in [0.1, 0.15) is 0 Å². The average Bonchev–Trinajstić information content (AvgIpc) is 3.11. The summed E-state index contributed by atoms with van der Waals surface area (Å²) in [6.07, 6.45) is 3.89. The van der Waals surface area contributed by atoms with Crippen molar-refractivity contribution < 1.29 is 4.79 Å². The molecule has 1 fully saturated rings. The van der Waals surface area contributed by atoms with Gasteiger partial charge in [0.05, 0.1) is 15.6 Å². The van der Waals surface area contributed by atoms with Crippen LogP contribution in [-0.2, 0) is 11.8 Å². The highest BCUT2D eigenvalue weighted by molar-refractivity contribution is 8.18. The molecule has 1 aromatic heterocycles. The smallest absolute Gasteiger partial charge is 0.264 e. The molecule has 0 radical (unpaired) electrons. The van der Waals surface area contributed by atoms with Crippen molar-refractivity contribution in [3.05, 3.63) is 69.2 Å². The molecule has 7 heteroatoms. The molecule has 0 aliphatic carbocycles. The van der Waals surface area contributed by atoms with E-state index in [1.807, 2.05) is 42.1 Å². The van der Waals surface area contributed by atoms with Gasteiger partial charge in [0, 0.05) is 34.7 Å². The Morgan fingerprint density at radius 1 is 1.19 bits per heavy atom. The molecule has 0 bridgehead atoms. The predicted octanol–water partition coefficient (Wildman–Crippen LogP) is 5.38. The second kappa shape index (κ2) is 6.83. The number of aromatic nitrogens is 1. The van der Waals surface area contributed by atoms with Crippen LogP contribution in [0.5, 0.6) is 0 Å². The third-order valence-corrected chi connectivity index (χ3v) is 5.44. The van der Waals surface area contributed by atoms with Crippen LogP contribution in [0.4, 0.5) is 5.69 Å². The Labute approximate surface area is 164 Å². The van der Waals surface area contributed by atoms with Crippen molar-refractivity contribution in [3.63, 3.8) is 0 Å². The van der Waals surface area contributed by atoms with E-state index in [-0.39, 0.29) is 5.91 Å². The van der Waals surface area contributed by atoms with Crippen molar-refractivity contribution in [2.45, 2.75) is 0 Å². The zero-order valence-corrected chi connectivity index (χ0v) is 16.0. The van der Waals surface area contributed by atoms with Crippen LogP contribution >= 0.6 is 35.0 Å². The number of carbonyl (C=O) groups excluding carboxylic acids is 1. The molecular formula is C19H13Cl2N3OS. The number of halogens is 2. The maximum absolute atomic E-state index is 12.3. The van der Waals surface area contributed by atoms with Gasteiger partial charge in [-0.2, -0.15) is 0 Å². The first-order chi connectivity index (χ1) is 12.5. The van der Waals surface area contributed by atoms with Gasteiger partial charge in [-0.1, -0.05) is 41.4 Å².